The van der Waals surface area contributed by atoms with Gasteiger partial charge >= 0.3 is 5.97 Å². The highest BCUT2D eigenvalue weighted by Gasteiger charge is 2.16. The Bertz CT molecular complexity index is 360. The van der Waals surface area contributed by atoms with Gasteiger partial charge in [0.25, 0.3) is 5.69 Å². The zero-order valence-electron chi connectivity index (χ0n) is 7.14. The van der Waals surface area contributed by atoms with Crippen LogP contribution in [0.1, 0.15) is 18.2 Å². The number of hydrogen-bond donors (Lipinski definition) is 3. The molecule has 7 heteroatoms. The minimum Gasteiger partial charge on any atom is -0.481 e. The first kappa shape index (κ1) is 10.2. The zero-order valence-corrected chi connectivity index (χ0v) is 7.14. The van der Waals surface area contributed by atoms with E-state index < -0.39 is 16.9 Å². The molecule has 1 aromatic rings. The fourth-order valence-corrected chi connectivity index (χ4v) is 1.02. The lowest BCUT2D eigenvalue weighted by Crippen LogP contribution is -2.15. The molecule has 0 aliphatic heterocycles. The zero-order chi connectivity index (χ0) is 10.7. The van der Waals surface area contributed by atoms with Crippen LogP contribution in [0.15, 0.2) is 12.3 Å². The quantitative estimate of drug-likeness (QED) is 0.478. The Labute approximate surface area is 78.7 Å². The molecule has 1 heterocycles. The summed E-state index contributed by atoms with van der Waals surface area (Å²) in [5, 5.41) is 18.7. The smallest absolute Gasteiger partial charge is 0.305 e. The molecule has 76 valence electrons. The fourth-order valence-electron chi connectivity index (χ4n) is 1.02. The molecular weight excluding hydrogens is 190 g/mol. The van der Waals surface area contributed by atoms with Crippen molar-refractivity contribution in [1.82, 2.24) is 4.98 Å². The molecule has 14 heavy (non-hydrogen) atoms. The lowest BCUT2D eigenvalue weighted by atomic mass is 10.1. The highest BCUT2D eigenvalue weighted by molar-refractivity contribution is 5.67. The van der Waals surface area contributed by atoms with Crippen molar-refractivity contribution >= 4 is 11.7 Å². The monoisotopic (exact) mass is 199 g/mol. The number of nitro groups is 1. The van der Waals surface area contributed by atoms with Crippen LogP contribution in [0.2, 0.25) is 0 Å². The number of rotatable bonds is 4. The summed E-state index contributed by atoms with van der Waals surface area (Å²) < 4.78 is 0. The van der Waals surface area contributed by atoms with E-state index in [0.29, 0.717) is 5.69 Å². The van der Waals surface area contributed by atoms with Gasteiger partial charge in [-0.1, -0.05) is 0 Å². The molecule has 1 atom stereocenters. The van der Waals surface area contributed by atoms with Gasteiger partial charge in [0.15, 0.2) is 0 Å². The van der Waals surface area contributed by atoms with Crippen molar-refractivity contribution in [1.29, 1.82) is 0 Å². The third kappa shape index (κ3) is 2.30. The molecule has 0 aromatic carbocycles. The summed E-state index contributed by atoms with van der Waals surface area (Å²) in [4.78, 5) is 22.6. The largest absolute Gasteiger partial charge is 0.481 e. The highest BCUT2D eigenvalue weighted by Crippen LogP contribution is 2.18. The predicted octanol–water partition coefficient (Wildman–Crippen LogP) is 0.397. The summed E-state index contributed by atoms with van der Waals surface area (Å²) in [5.41, 5.74) is 5.70. The Morgan fingerprint density at radius 2 is 2.43 bits per heavy atom. The third-order valence-corrected chi connectivity index (χ3v) is 1.69. The number of carboxylic acid groups (broad SMARTS) is 1. The van der Waals surface area contributed by atoms with Gasteiger partial charge < -0.3 is 15.8 Å². The van der Waals surface area contributed by atoms with E-state index in [9.17, 15) is 14.9 Å². The molecule has 7 nitrogen and oxygen atoms in total. The second-order valence-electron chi connectivity index (χ2n) is 2.77. The molecule has 1 aromatic heterocycles. The fraction of sp³-hybridized carbons (Fsp3) is 0.286. The summed E-state index contributed by atoms with van der Waals surface area (Å²) >= 11 is 0. The second kappa shape index (κ2) is 3.88. The number of carboxylic acids is 1. The van der Waals surface area contributed by atoms with Crippen molar-refractivity contribution < 1.29 is 14.8 Å². The number of aromatic amines is 1. The van der Waals surface area contributed by atoms with Gasteiger partial charge in [-0.15, -0.1) is 0 Å². The lowest BCUT2D eigenvalue weighted by Gasteiger charge is -2.04. The Kier molecular flexibility index (Phi) is 2.82. The van der Waals surface area contributed by atoms with Gasteiger partial charge in [0.1, 0.15) is 0 Å². The van der Waals surface area contributed by atoms with E-state index in [0.717, 1.165) is 0 Å². The number of nitrogens with zero attached hydrogens (tertiary/aromatic N) is 1. The molecule has 0 aliphatic rings. The van der Waals surface area contributed by atoms with E-state index in [2.05, 4.69) is 4.98 Å². The second-order valence-corrected chi connectivity index (χ2v) is 2.77. The Morgan fingerprint density at radius 1 is 1.79 bits per heavy atom. The van der Waals surface area contributed by atoms with Crippen molar-refractivity contribution in [3.8, 4) is 0 Å². The predicted molar refractivity (Wildman–Crippen MR) is 46.6 cm³/mol. The highest BCUT2D eigenvalue weighted by atomic mass is 16.6. The van der Waals surface area contributed by atoms with E-state index in [1.54, 1.807) is 0 Å². The normalized spacial score (nSPS) is 12.4. The molecule has 0 fully saturated rings. The van der Waals surface area contributed by atoms with E-state index in [4.69, 9.17) is 10.8 Å². The summed E-state index contributed by atoms with van der Waals surface area (Å²) in [6, 6.07) is 0.481. The molecular formula is C7H9N3O4. The van der Waals surface area contributed by atoms with Gasteiger partial charge in [-0.3, -0.25) is 14.9 Å². The minimum absolute atomic E-state index is 0.124. The van der Waals surface area contributed by atoms with Crippen LogP contribution in [-0.2, 0) is 4.79 Å². The van der Waals surface area contributed by atoms with Crippen molar-refractivity contribution in [2.75, 3.05) is 0 Å². The van der Waals surface area contributed by atoms with E-state index in [1.165, 1.54) is 12.3 Å². The number of aromatic nitrogens is 1. The molecule has 0 spiro atoms. The average Bonchev–Trinajstić information content (AvgIpc) is 2.50. The van der Waals surface area contributed by atoms with Crippen LogP contribution in [0, 0.1) is 10.1 Å². The van der Waals surface area contributed by atoms with E-state index >= 15 is 0 Å². The number of carbonyl (C=O) groups is 1. The topological polar surface area (TPSA) is 122 Å². The SMILES string of the molecule is NC(CC(=O)O)c1cc([N+](=O)[O-])c[nH]1. The van der Waals surface area contributed by atoms with Crippen molar-refractivity contribution in [3.63, 3.8) is 0 Å². The Balaban J connectivity index is 2.76. The maximum absolute atomic E-state index is 10.3. The van der Waals surface area contributed by atoms with Gasteiger partial charge in [-0.2, -0.15) is 0 Å². The molecule has 0 saturated carbocycles. The molecule has 0 bridgehead atoms. The van der Waals surface area contributed by atoms with Crippen LogP contribution >= 0.6 is 0 Å². The Hall–Kier alpha value is -1.89. The minimum atomic E-state index is -1.05. The molecule has 0 aliphatic carbocycles. The summed E-state index contributed by atoms with van der Waals surface area (Å²) in [6.45, 7) is 0. The van der Waals surface area contributed by atoms with Crippen LogP contribution in [0.25, 0.3) is 0 Å². The Morgan fingerprint density at radius 3 is 2.86 bits per heavy atom. The van der Waals surface area contributed by atoms with Gasteiger partial charge in [0, 0.05) is 11.8 Å². The molecule has 0 saturated heterocycles. The summed E-state index contributed by atoms with van der Waals surface area (Å²) in [7, 11) is 0. The molecule has 0 radical (unpaired) electrons. The summed E-state index contributed by atoms with van der Waals surface area (Å²) in [6.07, 6.45) is 0.911. The first-order valence-electron chi connectivity index (χ1n) is 3.80. The number of hydrogen-bond acceptors (Lipinski definition) is 4. The van der Waals surface area contributed by atoms with Crippen molar-refractivity contribution in [3.05, 3.63) is 28.1 Å². The number of nitrogens with one attached hydrogen (secondary N) is 1. The van der Waals surface area contributed by atoms with Crippen LogP contribution in [0.4, 0.5) is 5.69 Å². The van der Waals surface area contributed by atoms with Crippen LogP contribution in [0.5, 0.6) is 0 Å². The first-order valence-corrected chi connectivity index (χ1v) is 3.80. The van der Waals surface area contributed by atoms with Gasteiger partial charge in [0.2, 0.25) is 0 Å². The maximum Gasteiger partial charge on any atom is 0.305 e. The first-order chi connectivity index (χ1) is 6.50. The van der Waals surface area contributed by atoms with E-state index in [1.807, 2.05) is 0 Å². The third-order valence-electron chi connectivity index (χ3n) is 1.69. The van der Waals surface area contributed by atoms with Crippen molar-refractivity contribution in [2.45, 2.75) is 12.5 Å². The number of H-pyrrole nitrogens is 1. The number of aliphatic carboxylic acids is 1. The van der Waals surface area contributed by atoms with Crippen LogP contribution < -0.4 is 5.73 Å². The van der Waals surface area contributed by atoms with Crippen LogP contribution in [0.3, 0.4) is 0 Å². The molecule has 1 unspecified atom stereocenters. The molecule has 1 rings (SSSR count). The van der Waals surface area contributed by atoms with Gasteiger partial charge in [-0.05, 0) is 0 Å². The van der Waals surface area contributed by atoms with E-state index in [-0.39, 0.29) is 12.1 Å². The molecule has 0 amide bonds. The number of nitrogens with two attached hydrogens (primary N) is 1. The average molecular weight is 199 g/mol. The van der Waals surface area contributed by atoms with Crippen LogP contribution in [-0.4, -0.2) is 21.0 Å². The molecule has 4 N–H and O–H groups in total. The van der Waals surface area contributed by atoms with Gasteiger partial charge in [0.05, 0.1) is 23.6 Å². The standard InChI is InChI=1S/C7H9N3O4/c8-5(2-7(11)12)6-1-4(3-9-6)10(13)14/h1,3,5,9H,2,8H2,(H,11,12). The lowest BCUT2D eigenvalue weighted by molar-refractivity contribution is -0.384. The van der Waals surface area contributed by atoms with Crippen molar-refractivity contribution in [2.24, 2.45) is 5.73 Å². The van der Waals surface area contributed by atoms with Gasteiger partial charge in [-0.25, -0.2) is 0 Å². The summed E-state index contributed by atoms with van der Waals surface area (Å²) in [5.74, 6) is -1.05. The maximum atomic E-state index is 10.3.